The Balaban J connectivity index is 2.16. The van der Waals surface area contributed by atoms with E-state index in [9.17, 15) is 0 Å². The molecule has 2 nitrogen and oxygen atoms in total. The number of nitrogens with zero attached hydrogens (tertiary/aromatic N) is 1. The summed E-state index contributed by atoms with van der Waals surface area (Å²) in [6.45, 7) is 3.53. The lowest BCUT2D eigenvalue weighted by atomic mass is 10.0. The van der Waals surface area contributed by atoms with Gasteiger partial charge in [-0.25, -0.2) is 0 Å². The van der Waals surface area contributed by atoms with Crippen LogP contribution < -0.4 is 5.73 Å². The van der Waals surface area contributed by atoms with E-state index in [1.165, 1.54) is 16.0 Å². The summed E-state index contributed by atoms with van der Waals surface area (Å²) >= 11 is 11.2. The monoisotopic (exact) mass is 372 g/mol. The van der Waals surface area contributed by atoms with Gasteiger partial charge in [0, 0.05) is 28.5 Å². The van der Waals surface area contributed by atoms with Gasteiger partial charge in [-0.3, -0.25) is 4.90 Å². The molecule has 0 saturated carbocycles. The molecular weight excluding hydrogens is 356 g/mol. The number of hydrogen-bond acceptors (Lipinski definition) is 3. The number of rotatable bonds is 5. The summed E-state index contributed by atoms with van der Waals surface area (Å²) in [6, 6.07) is 10.6. The van der Waals surface area contributed by atoms with Crippen LogP contribution in [0.3, 0.4) is 0 Å². The van der Waals surface area contributed by atoms with Crippen molar-refractivity contribution in [1.82, 2.24) is 4.90 Å². The molecule has 0 radical (unpaired) electrons. The van der Waals surface area contributed by atoms with Crippen molar-refractivity contribution in [1.29, 1.82) is 0 Å². The minimum absolute atomic E-state index is 0.202. The SMILES string of the molecule is Cc1ccc(C(CN)N(C)Cc2ccc(Cl)s2)cc1Br. The molecule has 0 aliphatic rings. The van der Waals surface area contributed by atoms with Crippen molar-refractivity contribution in [3.63, 3.8) is 0 Å². The lowest BCUT2D eigenvalue weighted by molar-refractivity contribution is 0.244. The molecule has 20 heavy (non-hydrogen) atoms. The molecule has 0 saturated heterocycles. The predicted octanol–water partition coefficient (Wildman–Crippen LogP) is 4.60. The first-order valence-electron chi connectivity index (χ1n) is 6.42. The summed E-state index contributed by atoms with van der Waals surface area (Å²) in [4.78, 5) is 3.52. The van der Waals surface area contributed by atoms with Crippen LogP contribution in [0.1, 0.15) is 22.0 Å². The molecule has 0 spiro atoms. The van der Waals surface area contributed by atoms with E-state index in [-0.39, 0.29) is 6.04 Å². The van der Waals surface area contributed by atoms with Crippen molar-refractivity contribution in [2.45, 2.75) is 19.5 Å². The Kier molecular flexibility index (Phi) is 5.64. The fraction of sp³-hybridized carbons (Fsp3) is 0.333. The molecule has 0 bridgehead atoms. The molecule has 108 valence electrons. The highest BCUT2D eigenvalue weighted by atomic mass is 79.9. The maximum absolute atomic E-state index is 5.98. The number of thiophene rings is 1. The Hall–Kier alpha value is -0.390. The Bertz CT molecular complexity index is 585. The first-order valence-corrected chi connectivity index (χ1v) is 8.40. The molecule has 1 atom stereocenters. The van der Waals surface area contributed by atoms with Gasteiger partial charge < -0.3 is 5.73 Å². The van der Waals surface area contributed by atoms with E-state index >= 15 is 0 Å². The smallest absolute Gasteiger partial charge is 0.0931 e. The van der Waals surface area contributed by atoms with Crippen molar-refractivity contribution in [3.8, 4) is 0 Å². The third-order valence-electron chi connectivity index (χ3n) is 3.37. The summed E-state index contributed by atoms with van der Waals surface area (Å²) in [5.41, 5.74) is 8.44. The maximum atomic E-state index is 5.98. The molecule has 1 aromatic carbocycles. The Morgan fingerprint density at radius 2 is 2.10 bits per heavy atom. The van der Waals surface area contributed by atoms with Gasteiger partial charge in [0.05, 0.1) is 4.34 Å². The van der Waals surface area contributed by atoms with Crippen LogP contribution in [0.4, 0.5) is 0 Å². The Morgan fingerprint density at radius 1 is 1.35 bits per heavy atom. The zero-order valence-electron chi connectivity index (χ0n) is 11.6. The highest BCUT2D eigenvalue weighted by Crippen LogP contribution is 2.28. The number of hydrogen-bond donors (Lipinski definition) is 1. The van der Waals surface area contributed by atoms with Gasteiger partial charge in [0.15, 0.2) is 0 Å². The second-order valence-corrected chi connectivity index (χ2v) is 7.54. The van der Waals surface area contributed by atoms with Crippen LogP contribution in [-0.4, -0.2) is 18.5 Å². The molecule has 2 aromatic rings. The van der Waals surface area contributed by atoms with Gasteiger partial charge in [-0.2, -0.15) is 0 Å². The third-order valence-corrected chi connectivity index (χ3v) is 5.44. The van der Waals surface area contributed by atoms with Crippen LogP contribution >= 0.6 is 38.9 Å². The molecule has 0 fully saturated rings. The van der Waals surface area contributed by atoms with Crippen molar-refractivity contribution in [2.24, 2.45) is 5.73 Å². The van der Waals surface area contributed by atoms with E-state index in [4.69, 9.17) is 17.3 Å². The van der Waals surface area contributed by atoms with E-state index in [1.807, 2.05) is 6.07 Å². The van der Waals surface area contributed by atoms with Crippen LogP contribution in [-0.2, 0) is 6.54 Å². The Morgan fingerprint density at radius 3 is 2.65 bits per heavy atom. The standard InChI is InChI=1S/C15H18BrClN2S/c1-10-3-4-11(7-13(10)16)14(8-18)19(2)9-12-5-6-15(17)20-12/h3-7,14H,8-9,18H2,1-2H3. The largest absolute Gasteiger partial charge is 0.329 e. The fourth-order valence-electron chi connectivity index (χ4n) is 2.18. The average Bonchev–Trinajstić information content (AvgIpc) is 2.80. The maximum Gasteiger partial charge on any atom is 0.0931 e. The number of benzene rings is 1. The van der Waals surface area contributed by atoms with E-state index < -0.39 is 0 Å². The number of nitrogens with two attached hydrogens (primary N) is 1. The minimum Gasteiger partial charge on any atom is -0.329 e. The lowest BCUT2D eigenvalue weighted by Gasteiger charge is -2.27. The first-order chi connectivity index (χ1) is 9.51. The minimum atomic E-state index is 0.202. The van der Waals surface area contributed by atoms with Gasteiger partial charge >= 0.3 is 0 Å². The summed E-state index contributed by atoms with van der Waals surface area (Å²) in [7, 11) is 2.10. The van der Waals surface area contributed by atoms with Gasteiger partial charge in [-0.15, -0.1) is 11.3 Å². The zero-order valence-corrected chi connectivity index (χ0v) is 14.7. The predicted molar refractivity (Wildman–Crippen MR) is 91.5 cm³/mol. The summed E-state index contributed by atoms with van der Waals surface area (Å²) in [5.74, 6) is 0. The van der Waals surface area contributed by atoms with Gasteiger partial charge in [-0.1, -0.05) is 39.7 Å². The van der Waals surface area contributed by atoms with Gasteiger partial charge in [0.1, 0.15) is 0 Å². The molecule has 1 heterocycles. The molecule has 1 aromatic heterocycles. The van der Waals surface area contributed by atoms with E-state index in [0.717, 1.165) is 15.4 Å². The van der Waals surface area contributed by atoms with Crippen molar-refractivity contribution in [3.05, 3.63) is 55.1 Å². The number of likely N-dealkylation sites (N-methyl/N-ethyl adjacent to an activating group) is 1. The zero-order chi connectivity index (χ0) is 14.7. The van der Waals surface area contributed by atoms with Crippen molar-refractivity contribution >= 4 is 38.9 Å². The topological polar surface area (TPSA) is 29.3 Å². The molecule has 2 N–H and O–H groups in total. The Labute approximate surface area is 137 Å². The fourth-order valence-corrected chi connectivity index (χ4v) is 3.73. The summed E-state index contributed by atoms with van der Waals surface area (Å²) < 4.78 is 1.96. The van der Waals surface area contributed by atoms with Gasteiger partial charge in [0.2, 0.25) is 0 Å². The second kappa shape index (κ2) is 7.05. The van der Waals surface area contributed by atoms with E-state index in [0.29, 0.717) is 6.54 Å². The molecule has 1 unspecified atom stereocenters. The molecule has 5 heteroatoms. The molecule has 0 aliphatic heterocycles. The van der Waals surface area contributed by atoms with Crippen molar-refractivity contribution in [2.75, 3.05) is 13.6 Å². The quantitative estimate of drug-likeness (QED) is 0.829. The lowest BCUT2D eigenvalue weighted by Crippen LogP contribution is -2.30. The normalized spacial score (nSPS) is 12.9. The molecule has 0 amide bonds. The second-order valence-electron chi connectivity index (χ2n) is 4.88. The number of aryl methyl sites for hydroxylation is 1. The van der Waals surface area contributed by atoms with Crippen LogP contribution in [0.5, 0.6) is 0 Å². The third kappa shape index (κ3) is 3.83. The van der Waals surface area contributed by atoms with Crippen molar-refractivity contribution < 1.29 is 0 Å². The molecular formula is C15H18BrClN2S. The van der Waals surface area contributed by atoms with Gasteiger partial charge in [-0.05, 0) is 43.3 Å². The summed E-state index contributed by atoms with van der Waals surface area (Å²) in [6.07, 6.45) is 0. The van der Waals surface area contributed by atoms with Gasteiger partial charge in [0.25, 0.3) is 0 Å². The highest BCUT2D eigenvalue weighted by molar-refractivity contribution is 9.10. The van der Waals surface area contributed by atoms with Crippen LogP contribution in [0, 0.1) is 6.92 Å². The highest BCUT2D eigenvalue weighted by Gasteiger charge is 2.17. The van der Waals surface area contributed by atoms with Crippen LogP contribution in [0.15, 0.2) is 34.8 Å². The van der Waals surface area contributed by atoms with E-state index in [2.05, 4.69) is 59.1 Å². The van der Waals surface area contributed by atoms with Crippen LogP contribution in [0.25, 0.3) is 0 Å². The van der Waals surface area contributed by atoms with Crippen LogP contribution in [0.2, 0.25) is 4.34 Å². The van der Waals surface area contributed by atoms with E-state index in [1.54, 1.807) is 11.3 Å². The average molecular weight is 374 g/mol. The molecule has 0 aliphatic carbocycles. The number of halogens is 2. The summed E-state index contributed by atoms with van der Waals surface area (Å²) in [5, 5.41) is 0. The first kappa shape index (κ1) is 16.0. The molecule has 2 rings (SSSR count).